The molecule has 1 N–H and O–H groups in total. The fourth-order valence-electron chi connectivity index (χ4n) is 2.02. The second-order valence-corrected chi connectivity index (χ2v) is 4.58. The summed E-state index contributed by atoms with van der Waals surface area (Å²) in [4.78, 5) is 11.0. The zero-order valence-electron chi connectivity index (χ0n) is 9.83. The largest absolute Gasteiger partial charge is 0.490 e. The van der Waals surface area contributed by atoms with Gasteiger partial charge < -0.3 is 10.1 Å². The number of carbonyl (C=O) groups excluding carboxylic acids is 1. The molecule has 92 valence electrons. The number of carbonyl (C=O) groups is 1. The summed E-state index contributed by atoms with van der Waals surface area (Å²) in [6, 6.07) is 6.22. The van der Waals surface area contributed by atoms with Crippen molar-refractivity contribution in [2.24, 2.45) is 0 Å². The number of alkyl halides is 1. The van der Waals surface area contributed by atoms with Gasteiger partial charge in [0.1, 0.15) is 17.7 Å². The van der Waals surface area contributed by atoms with Crippen LogP contribution in [-0.2, 0) is 17.6 Å². The molecule has 1 aromatic rings. The molecule has 2 rings (SSSR count). The summed E-state index contributed by atoms with van der Waals surface area (Å²) >= 11 is 5.40. The first-order chi connectivity index (χ1) is 8.19. The first-order valence-corrected chi connectivity index (χ1v) is 6.33. The Bertz CT molecular complexity index is 420. The summed E-state index contributed by atoms with van der Waals surface area (Å²) in [5.41, 5.74) is 2.48. The Kier molecular flexibility index (Phi) is 3.89. The molecule has 4 heteroatoms. The number of rotatable bonds is 4. The molecule has 0 radical (unpaired) electrons. The van der Waals surface area contributed by atoms with E-state index in [1.54, 1.807) is 0 Å². The van der Waals surface area contributed by atoms with Gasteiger partial charge in [-0.3, -0.25) is 4.79 Å². The van der Waals surface area contributed by atoms with Crippen molar-refractivity contribution in [1.29, 1.82) is 0 Å². The van der Waals surface area contributed by atoms with Gasteiger partial charge in [-0.15, -0.1) is 11.6 Å². The van der Waals surface area contributed by atoms with Crippen molar-refractivity contribution < 1.29 is 9.53 Å². The number of benzene rings is 1. The van der Waals surface area contributed by atoms with E-state index in [9.17, 15) is 4.79 Å². The van der Waals surface area contributed by atoms with Crippen LogP contribution in [0.25, 0.3) is 0 Å². The van der Waals surface area contributed by atoms with Gasteiger partial charge in [0.2, 0.25) is 5.91 Å². The van der Waals surface area contributed by atoms with Crippen molar-refractivity contribution in [2.75, 3.05) is 12.4 Å². The molecule has 1 aromatic carbocycles. The Morgan fingerprint density at radius 2 is 2.41 bits per heavy atom. The molecule has 1 aliphatic heterocycles. The van der Waals surface area contributed by atoms with E-state index in [2.05, 4.69) is 18.3 Å². The molecular formula is C13H16ClNO2. The quantitative estimate of drug-likeness (QED) is 0.833. The third-order valence-electron chi connectivity index (χ3n) is 2.82. The normalized spacial score (nSPS) is 17.4. The van der Waals surface area contributed by atoms with Crippen LogP contribution in [0.1, 0.15) is 18.1 Å². The molecule has 3 nitrogen and oxygen atoms in total. The van der Waals surface area contributed by atoms with Crippen molar-refractivity contribution in [1.82, 2.24) is 5.32 Å². The Labute approximate surface area is 106 Å². The molecule has 1 aliphatic rings. The summed E-state index contributed by atoms with van der Waals surface area (Å²) in [5, 5.41) is 2.76. The summed E-state index contributed by atoms with van der Waals surface area (Å²) in [5.74, 6) is 0.894. The fourth-order valence-corrected chi connectivity index (χ4v) is 2.12. The lowest BCUT2D eigenvalue weighted by atomic mass is 10.1. The predicted molar refractivity (Wildman–Crippen MR) is 67.7 cm³/mol. The van der Waals surface area contributed by atoms with Crippen LogP contribution in [0.5, 0.6) is 5.75 Å². The molecule has 0 saturated carbocycles. The first kappa shape index (κ1) is 12.2. The Balaban J connectivity index is 1.90. The summed E-state index contributed by atoms with van der Waals surface area (Å²) in [6.07, 6.45) is 2.07. The van der Waals surface area contributed by atoms with Gasteiger partial charge in [0.15, 0.2) is 0 Å². The van der Waals surface area contributed by atoms with Crippen LogP contribution in [0.4, 0.5) is 0 Å². The monoisotopic (exact) mass is 253 g/mol. The highest BCUT2D eigenvalue weighted by atomic mass is 35.5. The minimum absolute atomic E-state index is 0.0234. The van der Waals surface area contributed by atoms with E-state index >= 15 is 0 Å². The molecule has 1 unspecified atom stereocenters. The zero-order chi connectivity index (χ0) is 12.3. The van der Waals surface area contributed by atoms with E-state index in [1.165, 1.54) is 11.1 Å². The molecule has 1 atom stereocenters. The minimum Gasteiger partial charge on any atom is -0.490 e. The average Bonchev–Trinajstić information content (AvgIpc) is 2.68. The SMILES string of the molecule is CC1Cc2cc(CCNC(=O)CCl)ccc2O1. The maximum Gasteiger partial charge on any atom is 0.234 e. The van der Waals surface area contributed by atoms with Gasteiger partial charge in [-0.25, -0.2) is 0 Å². The number of halogens is 1. The van der Waals surface area contributed by atoms with E-state index in [0.29, 0.717) is 6.54 Å². The summed E-state index contributed by atoms with van der Waals surface area (Å²) in [7, 11) is 0. The van der Waals surface area contributed by atoms with Crippen LogP contribution in [0.3, 0.4) is 0 Å². The molecule has 1 heterocycles. The Morgan fingerprint density at radius 3 is 3.18 bits per heavy atom. The molecule has 0 spiro atoms. The molecule has 0 fully saturated rings. The van der Waals surface area contributed by atoms with Gasteiger partial charge >= 0.3 is 0 Å². The van der Waals surface area contributed by atoms with Crippen LogP contribution in [0.15, 0.2) is 18.2 Å². The van der Waals surface area contributed by atoms with Crippen LogP contribution < -0.4 is 10.1 Å². The highest BCUT2D eigenvalue weighted by molar-refractivity contribution is 6.27. The van der Waals surface area contributed by atoms with Crippen molar-refractivity contribution in [2.45, 2.75) is 25.9 Å². The predicted octanol–water partition coefficient (Wildman–Crippen LogP) is 1.91. The van der Waals surface area contributed by atoms with Gasteiger partial charge in [-0.1, -0.05) is 12.1 Å². The number of amides is 1. The molecule has 0 aromatic heterocycles. The number of ether oxygens (including phenoxy) is 1. The number of nitrogens with one attached hydrogen (secondary N) is 1. The standard InChI is InChI=1S/C13H16ClNO2/c1-9-6-11-7-10(2-3-12(11)17-9)4-5-15-13(16)8-14/h2-3,7,9H,4-6,8H2,1H3,(H,15,16). The highest BCUT2D eigenvalue weighted by Crippen LogP contribution is 2.29. The molecule has 0 bridgehead atoms. The van der Waals surface area contributed by atoms with Gasteiger partial charge in [0, 0.05) is 13.0 Å². The lowest BCUT2D eigenvalue weighted by molar-refractivity contribution is -0.118. The summed E-state index contributed by atoms with van der Waals surface area (Å²) in [6.45, 7) is 2.70. The van der Waals surface area contributed by atoms with E-state index in [-0.39, 0.29) is 17.9 Å². The van der Waals surface area contributed by atoms with Crippen LogP contribution in [0, 0.1) is 0 Å². The molecule has 1 amide bonds. The Hall–Kier alpha value is -1.22. The van der Waals surface area contributed by atoms with E-state index in [1.807, 2.05) is 12.1 Å². The van der Waals surface area contributed by atoms with E-state index in [4.69, 9.17) is 16.3 Å². The number of hydrogen-bond donors (Lipinski definition) is 1. The van der Waals surface area contributed by atoms with Crippen LogP contribution in [-0.4, -0.2) is 24.4 Å². The Morgan fingerprint density at radius 1 is 1.59 bits per heavy atom. The summed E-state index contributed by atoms with van der Waals surface area (Å²) < 4.78 is 5.63. The maximum atomic E-state index is 11.0. The van der Waals surface area contributed by atoms with Crippen LogP contribution in [0.2, 0.25) is 0 Å². The first-order valence-electron chi connectivity index (χ1n) is 5.80. The fraction of sp³-hybridized carbons (Fsp3) is 0.462. The van der Waals surface area contributed by atoms with Crippen molar-refractivity contribution >= 4 is 17.5 Å². The maximum absolute atomic E-state index is 11.0. The van der Waals surface area contributed by atoms with E-state index < -0.39 is 0 Å². The van der Waals surface area contributed by atoms with Gasteiger partial charge in [0.25, 0.3) is 0 Å². The number of hydrogen-bond acceptors (Lipinski definition) is 2. The molecular weight excluding hydrogens is 238 g/mol. The molecule has 0 saturated heterocycles. The lowest BCUT2D eigenvalue weighted by Gasteiger charge is -2.05. The van der Waals surface area contributed by atoms with Gasteiger partial charge in [0.05, 0.1) is 0 Å². The second-order valence-electron chi connectivity index (χ2n) is 4.31. The van der Waals surface area contributed by atoms with Gasteiger partial charge in [-0.05, 0) is 30.5 Å². The molecule has 0 aliphatic carbocycles. The second kappa shape index (κ2) is 5.41. The van der Waals surface area contributed by atoms with E-state index in [0.717, 1.165) is 18.6 Å². The van der Waals surface area contributed by atoms with Gasteiger partial charge in [-0.2, -0.15) is 0 Å². The minimum atomic E-state index is -0.121. The zero-order valence-corrected chi connectivity index (χ0v) is 10.6. The third-order valence-corrected chi connectivity index (χ3v) is 3.06. The van der Waals surface area contributed by atoms with Crippen LogP contribution >= 0.6 is 11.6 Å². The van der Waals surface area contributed by atoms with Crippen molar-refractivity contribution in [3.63, 3.8) is 0 Å². The smallest absolute Gasteiger partial charge is 0.234 e. The average molecular weight is 254 g/mol. The van der Waals surface area contributed by atoms with Crippen molar-refractivity contribution in [3.05, 3.63) is 29.3 Å². The topological polar surface area (TPSA) is 38.3 Å². The lowest BCUT2D eigenvalue weighted by Crippen LogP contribution is -2.26. The third kappa shape index (κ3) is 3.13. The number of fused-ring (bicyclic) bond motifs is 1. The highest BCUT2D eigenvalue weighted by Gasteiger charge is 2.18. The molecule has 17 heavy (non-hydrogen) atoms. The van der Waals surface area contributed by atoms with Crippen molar-refractivity contribution in [3.8, 4) is 5.75 Å².